The molecule has 13 heteroatoms. The maximum Gasteiger partial charge on any atom is 0.408 e. The molecule has 0 heterocycles. The van der Waals surface area contributed by atoms with E-state index in [1.807, 2.05) is 6.92 Å². The Labute approximate surface area is 198 Å². The van der Waals surface area contributed by atoms with Crippen LogP contribution >= 0.6 is 0 Å². The number of nitrogens with zero attached hydrogens (tertiary/aromatic N) is 3. The number of nitro benzene ring substituents is 2. The van der Waals surface area contributed by atoms with Crippen molar-refractivity contribution in [3.05, 3.63) is 62.7 Å². The number of benzene rings is 1. The number of ether oxygens (including phenoxy) is 1. The summed E-state index contributed by atoms with van der Waals surface area (Å²) in [4.78, 5) is 32.4. The zero-order chi connectivity index (χ0) is 26.3. The van der Waals surface area contributed by atoms with Gasteiger partial charge < -0.3 is 10.1 Å². The molecule has 0 unspecified atom stereocenters. The smallest absolute Gasteiger partial charge is 0.408 e. The second-order valence-corrected chi connectivity index (χ2v) is 10.1. The molecule has 0 saturated heterocycles. The fraction of sp³-hybridized carbons (Fsp3) is 0.476. The predicted octanol–water partition coefficient (Wildman–Crippen LogP) is 3.93. The molecule has 0 aliphatic heterocycles. The number of rotatable bonds is 11. The average Bonchev–Trinajstić information content (AvgIpc) is 2.72. The van der Waals surface area contributed by atoms with Gasteiger partial charge in [-0.3, -0.25) is 20.2 Å². The van der Waals surface area contributed by atoms with Gasteiger partial charge in [-0.25, -0.2) is 13.2 Å². The summed E-state index contributed by atoms with van der Waals surface area (Å²) in [5.74, 6) is 0. The normalized spacial score (nSPS) is 13.3. The van der Waals surface area contributed by atoms with Crippen LogP contribution < -0.4 is 5.32 Å². The number of carbonyl (C=O) groups excluding carboxylic acids is 1. The number of alkyl carbamates (subject to hydrolysis) is 1. The second-order valence-electron chi connectivity index (χ2n) is 8.19. The van der Waals surface area contributed by atoms with Crippen molar-refractivity contribution in [2.24, 2.45) is 0 Å². The highest BCUT2D eigenvalue weighted by Crippen LogP contribution is 2.31. The third kappa shape index (κ3) is 7.63. The minimum Gasteiger partial charge on any atom is -0.444 e. The van der Waals surface area contributed by atoms with Crippen molar-refractivity contribution in [3.63, 3.8) is 0 Å². The van der Waals surface area contributed by atoms with Crippen LogP contribution in [0.25, 0.3) is 0 Å². The number of non-ortho nitro benzene ring substituents is 1. The lowest BCUT2D eigenvalue weighted by Crippen LogP contribution is -2.48. The maximum absolute atomic E-state index is 13.4. The third-order valence-electron chi connectivity index (χ3n) is 4.60. The third-order valence-corrected chi connectivity index (χ3v) is 6.48. The molecule has 0 radical (unpaired) electrons. The summed E-state index contributed by atoms with van der Waals surface area (Å²) >= 11 is 0. The van der Waals surface area contributed by atoms with Gasteiger partial charge in [-0.1, -0.05) is 24.6 Å². The fourth-order valence-corrected chi connectivity index (χ4v) is 4.66. The van der Waals surface area contributed by atoms with Gasteiger partial charge in [0.2, 0.25) is 10.0 Å². The molecule has 0 bridgehead atoms. The molecule has 1 rings (SSSR count). The van der Waals surface area contributed by atoms with Crippen molar-refractivity contribution in [1.82, 2.24) is 9.62 Å². The van der Waals surface area contributed by atoms with Gasteiger partial charge in [0.05, 0.1) is 22.0 Å². The van der Waals surface area contributed by atoms with Crippen LogP contribution in [0, 0.1) is 20.2 Å². The first-order chi connectivity index (χ1) is 15.7. The largest absolute Gasteiger partial charge is 0.444 e. The number of nitrogens with one attached hydrogen (secondary N) is 1. The van der Waals surface area contributed by atoms with E-state index in [4.69, 9.17) is 4.74 Å². The van der Waals surface area contributed by atoms with Crippen molar-refractivity contribution >= 4 is 27.5 Å². The summed E-state index contributed by atoms with van der Waals surface area (Å²) in [5, 5.41) is 25.2. The summed E-state index contributed by atoms with van der Waals surface area (Å²) in [5.41, 5.74) is -1.63. The quantitative estimate of drug-likeness (QED) is 0.272. The van der Waals surface area contributed by atoms with E-state index in [2.05, 4.69) is 11.9 Å². The molecule has 1 N–H and O–H groups in total. The first-order valence-electron chi connectivity index (χ1n) is 10.4. The molecule has 1 amide bonds. The lowest BCUT2D eigenvalue weighted by molar-refractivity contribution is -0.396. The molecule has 34 heavy (non-hydrogen) atoms. The molecular weight excluding hydrogens is 468 g/mol. The molecule has 0 aliphatic carbocycles. The Hall–Kier alpha value is -3.32. The molecule has 12 nitrogen and oxygen atoms in total. The number of hydrogen-bond donors (Lipinski definition) is 1. The molecule has 1 aromatic rings. The van der Waals surface area contributed by atoms with Gasteiger partial charge in [0.25, 0.3) is 11.4 Å². The lowest BCUT2D eigenvalue weighted by Gasteiger charge is -2.29. The molecule has 1 atom stereocenters. The van der Waals surface area contributed by atoms with Crippen LogP contribution in [-0.4, -0.2) is 53.4 Å². The molecular formula is C21H30N4O8S. The van der Waals surface area contributed by atoms with Crippen LogP contribution in [0.5, 0.6) is 0 Å². The Bertz CT molecular complexity index is 1080. The minimum absolute atomic E-state index is 0.232. The summed E-state index contributed by atoms with van der Waals surface area (Å²) in [7, 11) is -4.52. The van der Waals surface area contributed by atoms with E-state index >= 15 is 0 Å². The molecule has 0 fully saturated rings. The summed E-state index contributed by atoms with van der Waals surface area (Å²) in [6.45, 7) is 11.6. The Balaban J connectivity index is 3.50. The average molecular weight is 499 g/mol. The van der Waals surface area contributed by atoms with Crippen molar-refractivity contribution < 1.29 is 27.8 Å². The predicted molar refractivity (Wildman–Crippen MR) is 126 cm³/mol. The van der Waals surface area contributed by atoms with Crippen LogP contribution in [0.3, 0.4) is 0 Å². The van der Waals surface area contributed by atoms with Crippen LogP contribution in [0.2, 0.25) is 0 Å². The summed E-state index contributed by atoms with van der Waals surface area (Å²) < 4.78 is 33.0. The Morgan fingerprint density at radius 1 is 1.26 bits per heavy atom. The number of sulfonamides is 1. The number of allylic oxidation sites excluding steroid dienone is 1. The van der Waals surface area contributed by atoms with Gasteiger partial charge >= 0.3 is 6.09 Å². The highest BCUT2D eigenvalue weighted by atomic mass is 32.2. The first kappa shape index (κ1) is 28.7. The second kappa shape index (κ2) is 11.7. The van der Waals surface area contributed by atoms with E-state index in [0.717, 1.165) is 16.4 Å². The van der Waals surface area contributed by atoms with Gasteiger partial charge in [-0.15, -0.1) is 6.58 Å². The van der Waals surface area contributed by atoms with E-state index in [1.165, 1.54) is 6.08 Å². The SMILES string of the molecule is C=CCN(C[C@@H](NC(=O)OC(C)(C)C)/C(=C/C)CC)S(=O)(=O)c1ccc([N+](=O)[O-])cc1[N+](=O)[O-]. The lowest BCUT2D eigenvalue weighted by atomic mass is 10.0. The Morgan fingerprint density at radius 3 is 2.32 bits per heavy atom. The first-order valence-corrected chi connectivity index (χ1v) is 11.8. The zero-order valence-electron chi connectivity index (χ0n) is 19.8. The van der Waals surface area contributed by atoms with Gasteiger partial charge in [-0.2, -0.15) is 4.31 Å². The monoisotopic (exact) mass is 498 g/mol. The number of amides is 1. The topological polar surface area (TPSA) is 162 Å². The van der Waals surface area contributed by atoms with Crippen molar-refractivity contribution in [1.29, 1.82) is 0 Å². The van der Waals surface area contributed by atoms with Crippen LogP contribution in [0.15, 0.2) is 47.4 Å². The van der Waals surface area contributed by atoms with E-state index in [0.29, 0.717) is 18.1 Å². The molecule has 1 aromatic carbocycles. The van der Waals surface area contributed by atoms with E-state index < -0.39 is 53.9 Å². The van der Waals surface area contributed by atoms with E-state index in [1.54, 1.807) is 33.8 Å². The van der Waals surface area contributed by atoms with Gasteiger partial charge in [0.15, 0.2) is 4.90 Å². The van der Waals surface area contributed by atoms with Gasteiger partial charge in [-0.05, 0) is 40.2 Å². The molecule has 0 aliphatic rings. The molecule has 0 spiro atoms. The summed E-state index contributed by atoms with van der Waals surface area (Å²) in [6, 6.07) is 1.50. The zero-order valence-corrected chi connectivity index (χ0v) is 20.6. The van der Waals surface area contributed by atoms with E-state index in [9.17, 15) is 33.4 Å². The van der Waals surface area contributed by atoms with Crippen molar-refractivity contribution in [2.45, 2.75) is 57.6 Å². The van der Waals surface area contributed by atoms with Gasteiger partial charge in [0, 0.05) is 19.2 Å². The van der Waals surface area contributed by atoms with Gasteiger partial charge in [0.1, 0.15) is 5.60 Å². The number of hydrogen-bond acceptors (Lipinski definition) is 8. The summed E-state index contributed by atoms with van der Waals surface area (Å²) in [6.07, 6.45) is 2.74. The number of carbonyl (C=O) groups is 1. The molecule has 0 saturated carbocycles. The molecule has 188 valence electrons. The molecule has 0 aromatic heterocycles. The van der Waals surface area contributed by atoms with Crippen molar-refractivity contribution in [3.8, 4) is 0 Å². The number of nitro groups is 2. The highest BCUT2D eigenvalue weighted by Gasteiger charge is 2.35. The minimum atomic E-state index is -4.52. The standard InChI is InChI=1S/C21H30N4O8S/c1-7-12-23(14-17(15(8-2)9-3)22-20(26)33-21(4,5)6)34(31,32)19-11-10-16(24(27)28)13-18(19)25(29)30/h7-8,10-11,13,17H,1,9,12,14H2,2-6H3,(H,22,26)/b15-8+/t17-/m1/s1. The fourth-order valence-electron chi connectivity index (χ4n) is 3.09. The van der Waals surface area contributed by atoms with E-state index in [-0.39, 0.29) is 13.1 Å². The van der Waals surface area contributed by atoms with Crippen molar-refractivity contribution in [2.75, 3.05) is 13.1 Å². The van der Waals surface area contributed by atoms with Crippen LogP contribution in [0.1, 0.15) is 41.0 Å². The highest BCUT2D eigenvalue weighted by molar-refractivity contribution is 7.89. The van der Waals surface area contributed by atoms with Crippen LogP contribution in [0.4, 0.5) is 16.2 Å². The Morgan fingerprint density at radius 2 is 1.88 bits per heavy atom. The van der Waals surface area contributed by atoms with Crippen LogP contribution in [-0.2, 0) is 14.8 Å². The Kier molecular flexibility index (Phi) is 9.88. The maximum atomic E-state index is 13.4.